The van der Waals surface area contributed by atoms with Crippen LogP contribution in [0.4, 0.5) is 34.1 Å². The first-order valence-electron chi connectivity index (χ1n) is 15.1. The summed E-state index contributed by atoms with van der Waals surface area (Å²) in [5.74, 6) is -1.31. The van der Waals surface area contributed by atoms with Crippen LogP contribution in [0.25, 0.3) is 32.7 Å². The van der Waals surface area contributed by atoms with E-state index in [0.717, 1.165) is 60.7 Å². The zero-order chi connectivity index (χ0) is 41.1. The number of nitrogens with two attached hydrogens (primary N) is 2. The molecule has 0 heterocycles. The van der Waals surface area contributed by atoms with Gasteiger partial charge in [-0.15, -0.1) is 10.2 Å². The van der Waals surface area contributed by atoms with Crippen LogP contribution in [0, 0.1) is 0 Å². The zero-order valence-corrected chi connectivity index (χ0v) is 42.9. The number of nitrogens with zero attached hydrogens (tertiary/aromatic N) is 4. The zero-order valence-electron chi connectivity index (χ0n) is 31.6. The van der Waals surface area contributed by atoms with Crippen LogP contribution in [-0.4, -0.2) is 180 Å². The van der Waals surface area contributed by atoms with Crippen LogP contribution >= 0.6 is 0 Å². The molecule has 0 aliphatic heterocycles. The second-order valence-electron chi connectivity index (χ2n) is 11.7. The Morgan fingerprint density at radius 3 is 1.05 bits per heavy atom. The molecule has 60 heavy (non-hydrogen) atoms. The Bertz CT molecular complexity index is 3000. The maximum absolute atomic E-state index is 12.6. The molecule has 0 saturated heterocycles. The number of hydrogen-bond donors (Lipinski definition) is 8. The number of hydrogen-bond acceptors (Lipinski definition) is 16. The monoisotopic (exact) mass is 936 g/mol. The van der Waals surface area contributed by atoms with Crippen LogP contribution in [-0.2, 0) is 40.5 Å². The number of phenolic OH excluding ortho intramolecular Hbond substituents is 2. The first-order chi connectivity index (χ1) is 25.9. The van der Waals surface area contributed by atoms with Crippen LogP contribution in [0.2, 0.25) is 0 Å². The number of benzene rings is 6. The second kappa shape index (κ2) is 20.2. The normalized spacial score (nSPS) is 12.1. The van der Waals surface area contributed by atoms with Gasteiger partial charge in [-0.1, -0.05) is 24.3 Å². The Hall–Kier alpha value is -2.12. The molecule has 6 aromatic rings. The summed E-state index contributed by atoms with van der Waals surface area (Å²) in [5, 5.41) is 36.9. The fourth-order valence-electron chi connectivity index (χ4n) is 5.58. The van der Waals surface area contributed by atoms with E-state index in [1.807, 2.05) is 0 Å². The van der Waals surface area contributed by atoms with Crippen LogP contribution in [0.5, 0.6) is 11.5 Å². The third kappa shape index (κ3) is 11.7. The molecule has 0 aliphatic carbocycles. The molecule has 6 rings (SSSR count). The van der Waals surface area contributed by atoms with Crippen LogP contribution in [0.15, 0.2) is 125 Å². The average Bonchev–Trinajstić information content (AvgIpc) is 3.09. The van der Waals surface area contributed by atoms with Crippen molar-refractivity contribution < 1.29 is 62.1 Å². The molecule has 0 bridgehead atoms. The maximum atomic E-state index is 12.6. The van der Waals surface area contributed by atoms with Gasteiger partial charge in [-0.2, -0.15) is 43.9 Å². The maximum Gasteiger partial charge on any atom is 0.295 e. The van der Waals surface area contributed by atoms with Gasteiger partial charge in [0, 0.05) is 141 Å². The van der Waals surface area contributed by atoms with E-state index >= 15 is 0 Å². The molecule has 0 aromatic heterocycles. The Morgan fingerprint density at radius 1 is 0.417 bits per heavy atom. The first kappa shape index (κ1) is 54.0. The molecule has 6 aromatic carbocycles. The summed E-state index contributed by atoms with van der Waals surface area (Å²) in [4.78, 5) is -3.05. The largest absolute Gasteiger partial charge is 0.507 e. The van der Waals surface area contributed by atoms with Gasteiger partial charge < -0.3 is 21.7 Å². The molecule has 10 N–H and O–H groups in total. The molecule has 28 heteroatoms. The van der Waals surface area contributed by atoms with Gasteiger partial charge in [0.15, 0.2) is 0 Å². The fourth-order valence-corrected chi connectivity index (χ4v) is 8.10. The van der Waals surface area contributed by atoms with Crippen molar-refractivity contribution in [2.45, 2.75) is 19.6 Å². The van der Waals surface area contributed by atoms with Gasteiger partial charge in [0.05, 0.1) is 43.3 Å². The van der Waals surface area contributed by atoms with E-state index in [2.05, 4.69) is 20.5 Å². The smallest absolute Gasteiger partial charge is 0.295 e. The Kier molecular flexibility index (Phi) is 18.1. The molecule has 4 radical (unpaired) electrons. The molecule has 0 saturated carbocycles. The quantitative estimate of drug-likeness (QED) is 0.0427. The van der Waals surface area contributed by atoms with Crippen molar-refractivity contribution in [1.82, 2.24) is 0 Å². The SMILES string of the molecule is Nc1ccc2cc(S(=O)(=O)O)cc(O)c2c1N=Nc1ccc(-c2ccc(N=Nc3c(N)ccc4cc(S(=O)(=O)O)cc(O)c34)cc2S(=O)(=O)O)c(S(=O)(=O)O)c1.[Na].[Na].[Na].[Na]. The van der Waals surface area contributed by atoms with Crippen molar-refractivity contribution in [3.05, 3.63) is 84.9 Å². The predicted molar refractivity (Wildman–Crippen MR) is 223 cm³/mol. The number of phenols is 2. The van der Waals surface area contributed by atoms with E-state index < -0.39 is 82.7 Å². The minimum absolute atomic E-state index is 0. The van der Waals surface area contributed by atoms with E-state index in [9.17, 15) is 62.1 Å². The summed E-state index contributed by atoms with van der Waals surface area (Å²) in [6.07, 6.45) is 0. The number of aromatic hydroxyl groups is 2. The molecule has 294 valence electrons. The van der Waals surface area contributed by atoms with Crippen molar-refractivity contribution in [3.63, 3.8) is 0 Å². The minimum atomic E-state index is -5.17. The van der Waals surface area contributed by atoms with Gasteiger partial charge in [0.2, 0.25) is 0 Å². The Morgan fingerprint density at radius 2 is 0.750 bits per heavy atom. The number of anilines is 2. The molecule has 0 unspecified atom stereocenters. The number of rotatable bonds is 9. The van der Waals surface area contributed by atoms with E-state index in [1.165, 1.54) is 24.3 Å². The predicted octanol–water partition coefficient (Wildman–Crippen LogP) is 4.53. The summed E-state index contributed by atoms with van der Waals surface area (Å²) < 4.78 is 136. The van der Waals surface area contributed by atoms with Crippen LogP contribution in [0.3, 0.4) is 0 Å². The minimum Gasteiger partial charge on any atom is -0.507 e. The third-order valence-electron chi connectivity index (χ3n) is 8.05. The molecule has 0 spiro atoms. The number of nitrogen functional groups attached to an aromatic ring is 2. The standard InChI is InChI=1S/C32H24N6O14S4.4Na/c33-23-7-1-15-9-19(53(41,42)43)13-25(39)29(15)31(23)37-35-17-3-5-21(27(11-17)55(47,48)49)22-6-4-18(12-28(22)56(50,51)52)36-38-32-24(34)8-2-16-10-20(54(44,45)46)14-26(40)30(16)32;;;;/h1-14,39-40H,33-34H2,(H,41,42,43)(H,44,45,46)(H,47,48,49)(H,50,51,52);;;;. The van der Waals surface area contributed by atoms with Gasteiger partial charge in [-0.05, 0) is 59.3 Å². The summed E-state index contributed by atoms with van der Waals surface area (Å²) >= 11 is 0. The van der Waals surface area contributed by atoms with Gasteiger partial charge in [0.25, 0.3) is 40.5 Å². The molecule has 20 nitrogen and oxygen atoms in total. The molecule has 0 amide bonds. The summed E-state index contributed by atoms with van der Waals surface area (Å²) in [6, 6.07) is 14.8. The number of azo groups is 2. The van der Waals surface area contributed by atoms with Gasteiger partial charge in [0.1, 0.15) is 32.7 Å². The Balaban J connectivity index is 0.00000310. The average molecular weight is 937 g/mol. The van der Waals surface area contributed by atoms with Crippen molar-refractivity contribution >= 4 is 214 Å². The summed E-state index contributed by atoms with van der Waals surface area (Å²) in [7, 11) is -19.8. The van der Waals surface area contributed by atoms with E-state index in [1.54, 1.807) is 0 Å². The first-order valence-corrected chi connectivity index (χ1v) is 20.8. The van der Waals surface area contributed by atoms with Crippen LogP contribution in [0.1, 0.15) is 0 Å². The van der Waals surface area contributed by atoms with Crippen molar-refractivity contribution in [3.8, 4) is 22.6 Å². The van der Waals surface area contributed by atoms with Crippen molar-refractivity contribution in [1.29, 1.82) is 0 Å². The van der Waals surface area contributed by atoms with Crippen molar-refractivity contribution in [2.75, 3.05) is 11.5 Å². The van der Waals surface area contributed by atoms with Crippen LogP contribution < -0.4 is 11.5 Å². The molecule has 0 fully saturated rings. The number of fused-ring (bicyclic) bond motifs is 2. The molecular weight excluding hydrogens is 913 g/mol. The fraction of sp³-hybridized carbons (Fsp3) is 0. The summed E-state index contributed by atoms with van der Waals surface area (Å²) in [6.45, 7) is 0. The molecule has 0 aliphatic rings. The van der Waals surface area contributed by atoms with Gasteiger partial charge in [-0.25, -0.2) is 0 Å². The van der Waals surface area contributed by atoms with Crippen molar-refractivity contribution in [2.24, 2.45) is 20.5 Å². The van der Waals surface area contributed by atoms with E-state index in [0.29, 0.717) is 0 Å². The van der Waals surface area contributed by atoms with Gasteiger partial charge >= 0.3 is 0 Å². The third-order valence-corrected chi connectivity index (χ3v) is 11.5. The van der Waals surface area contributed by atoms with Gasteiger partial charge in [-0.3, -0.25) is 18.2 Å². The Labute approximate surface area is 429 Å². The topological polar surface area (TPSA) is 359 Å². The van der Waals surface area contributed by atoms with E-state index in [4.69, 9.17) is 11.5 Å². The van der Waals surface area contributed by atoms with E-state index in [-0.39, 0.29) is 174 Å². The second-order valence-corrected chi connectivity index (χ2v) is 17.4. The molecular formula is C32H24N6Na4O14S4. The summed E-state index contributed by atoms with van der Waals surface area (Å²) in [5.41, 5.74) is 10.1. The molecule has 0 atom stereocenters.